The third kappa shape index (κ3) is 9.22. The standard InChI is InChI=1S/C7H17N3O3/c1-10(2)4-6(11)3-9-13-5-7(8)12/h6,9,11H,3-5H2,1-2H3,(H2,8,12). The van der Waals surface area contributed by atoms with Gasteiger partial charge in [-0.05, 0) is 14.1 Å². The molecule has 0 bridgehead atoms. The molecule has 6 heteroatoms. The fraction of sp³-hybridized carbons (Fsp3) is 0.857. The predicted octanol–water partition coefficient (Wildman–Crippen LogP) is -2.08. The van der Waals surface area contributed by atoms with Crippen molar-refractivity contribution in [3.63, 3.8) is 0 Å². The predicted molar refractivity (Wildman–Crippen MR) is 47.7 cm³/mol. The molecule has 0 aliphatic rings. The van der Waals surface area contributed by atoms with Crippen molar-refractivity contribution in [2.45, 2.75) is 6.10 Å². The summed E-state index contributed by atoms with van der Waals surface area (Å²) in [6.07, 6.45) is -0.525. The van der Waals surface area contributed by atoms with Crippen LogP contribution in [0.1, 0.15) is 0 Å². The molecule has 6 nitrogen and oxygen atoms in total. The summed E-state index contributed by atoms with van der Waals surface area (Å²) >= 11 is 0. The van der Waals surface area contributed by atoms with Crippen LogP contribution in [0.15, 0.2) is 0 Å². The monoisotopic (exact) mass is 191 g/mol. The van der Waals surface area contributed by atoms with Gasteiger partial charge in [0.25, 0.3) is 0 Å². The summed E-state index contributed by atoms with van der Waals surface area (Å²) < 4.78 is 0. The van der Waals surface area contributed by atoms with Gasteiger partial charge in [0, 0.05) is 13.1 Å². The summed E-state index contributed by atoms with van der Waals surface area (Å²) in [7, 11) is 3.71. The van der Waals surface area contributed by atoms with E-state index in [4.69, 9.17) is 5.73 Å². The van der Waals surface area contributed by atoms with Crippen molar-refractivity contribution >= 4 is 5.91 Å². The van der Waals surface area contributed by atoms with E-state index in [9.17, 15) is 9.90 Å². The number of amides is 1. The molecule has 0 aliphatic heterocycles. The Kier molecular flexibility index (Phi) is 6.43. The molecule has 0 spiro atoms. The highest BCUT2D eigenvalue weighted by Gasteiger charge is 2.04. The van der Waals surface area contributed by atoms with E-state index in [2.05, 4.69) is 10.3 Å². The number of rotatable bonds is 7. The minimum atomic E-state index is -0.547. The minimum Gasteiger partial charge on any atom is -0.390 e. The SMILES string of the molecule is CN(C)CC(O)CNOCC(N)=O. The van der Waals surface area contributed by atoms with Crippen LogP contribution in [0, 0.1) is 0 Å². The first-order chi connectivity index (χ1) is 6.02. The van der Waals surface area contributed by atoms with Crippen molar-refractivity contribution < 1.29 is 14.7 Å². The summed E-state index contributed by atoms with van der Waals surface area (Å²) in [6.45, 7) is 0.618. The fourth-order valence-corrected chi connectivity index (χ4v) is 0.763. The van der Waals surface area contributed by atoms with E-state index in [1.54, 1.807) is 0 Å². The fourth-order valence-electron chi connectivity index (χ4n) is 0.763. The van der Waals surface area contributed by atoms with Crippen LogP contribution < -0.4 is 11.2 Å². The first-order valence-electron chi connectivity index (χ1n) is 3.98. The van der Waals surface area contributed by atoms with Gasteiger partial charge in [0.1, 0.15) is 6.61 Å². The second kappa shape index (κ2) is 6.79. The van der Waals surface area contributed by atoms with Gasteiger partial charge in [0.05, 0.1) is 6.10 Å². The van der Waals surface area contributed by atoms with Gasteiger partial charge in [-0.15, -0.1) is 0 Å². The van der Waals surface area contributed by atoms with E-state index in [0.717, 1.165) is 0 Å². The maximum atomic E-state index is 10.2. The highest BCUT2D eigenvalue weighted by Crippen LogP contribution is 1.83. The first-order valence-corrected chi connectivity index (χ1v) is 3.98. The number of hydrogen-bond donors (Lipinski definition) is 3. The molecule has 1 amide bonds. The molecule has 0 aromatic heterocycles. The number of nitrogens with two attached hydrogens (primary N) is 1. The number of nitrogens with one attached hydrogen (secondary N) is 1. The molecular weight excluding hydrogens is 174 g/mol. The number of carbonyl (C=O) groups excluding carboxylic acids is 1. The number of carbonyl (C=O) groups is 1. The van der Waals surface area contributed by atoms with Crippen LogP contribution in [0.4, 0.5) is 0 Å². The molecule has 0 saturated carbocycles. The van der Waals surface area contributed by atoms with Crippen molar-refractivity contribution in [3.05, 3.63) is 0 Å². The van der Waals surface area contributed by atoms with Crippen LogP contribution in [-0.2, 0) is 9.63 Å². The van der Waals surface area contributed by atoms with Crippen LogP contribution >= 0.6 is 0 Å². The maximum Gasteiger partial charge on any atom is 0.245 e. The Hall–Kier alpha value is -0.690. The average molecular weight is 191 g/mol. The lowest BCUT2D eigenvalue weighted by molar-refractivity contribution is -0.125. The molecule has 0 saturated heterocycles. The van der Waals surface area contributed by atoms with Crippen LogP contribution in [0.5, 0.6) is 0 Å². The Morgan fingerprint density at radius 1 is 1.69 bits per heavy atom. The summed E-state index contributed by atoms with van der Waals surface area (Å²) in [4.78, 5) is 16.7. The zero-order chi connectivity index (χ0) is 10.3. The van der Waals surface area contributed by atoms with Gasteiger partial charge < -0.3 is 15.7 Å². The molecule has 1 atom stereocenters. The average Bonchev–Trinajstić information content (AvgIpc) is 1.96. The Balaban J connectivity index is 3.26. The Morgan fingerprint density at radius 2 is 2.31 bits per heavy atom. The lowest BCUT2D eigenvalue weighted by Crippen LogP contribution is -2.36. The molecule has 4 N–H and O–H groups in total. The van der Waals surface area contributed by atoms with Crippen LogP contribution in [0.25, 0.3) is 0 Å². The lowest BCUT2D eigenvalue weighted by Gasteiger charge is -2.15. The van der Waals surface area contributed by atoms with Crippen molar-refractivity contribution in [3.8, 4) is 0 Å². The molecule has 0 heterocycles. The molecule has 78 valence electrons. The van der Waals surface area contributed by atoms with E-state index < -0.39 is 12.0 Å². The highest BCUT2D eigenvalue weighted by atomic mass is 16.6. The number of aliphatic hydroxyl groups is 1. The third-order valence-corrected chi connectivity index (χ3v) is 1.21. The van der Waals surface area contributed by atoms with Gasteiger partial charge >= 0.3 is 0 Å². The number of likely N-dealkylation sites (N-methyl/N-ethyl adjacent to an activating group) is 1. The van der Waals surface area contributed by atoms with Crippen molar-refractivity contribution in [2.24, 2.45) is 5.73 Å². The van der Waals surface area contributed by atoms with Crippen molar-refractivity contribution in [1.29, 1.82) is 0 Å². The number of nitrogens with zero attached hydrogens (tertiary/aromatic N) is 1. The smallest absolute Gasteiger partial charge is 0.245 e. The van der Waals surface area contributed by atoms with Gasteiger partial charge in [-0.1, -0.05) is 0 Å². The van der Waals surface area contributed by atoms with Gasteiger partial charge in [-0.25, -0.2) is 0 Å². The van der Waals surface area contributed by atoms with E-state index in [0.29, 0.717) is 6.54 Å². The summed E-state index contributed by atoms with van der Waals surface area (Å²) in [5.74, 6) is -0.547. The van der Waals surface area contributed by atoms with Gasteiger partial charge in [0.15, 0.2) is 0 Å². The third-order valence-electron chi connectivity index (χ3n) is 1.21. The molecular formula is C7H17N3O3. The zero-order valence-electron chi connectivity index (χ0n) is 7.99. The molecule has 0 aromatic carbocycles. The molecule has 0 rings (SSSR count). The Labute approximate surface area is 77.6 Å². The van der Waals surface area contributed by atoms with E-state index in [1.807, 2.05) is 19.0 Å². The van der Waals surface area contributed by atoms with E-state index >= 15 is 0 Å². The first kappa shape index (κ1) is 12.3. The molecule has 0 fully saturated rings. The van der Waals surface area contributed by atoms with E-state index in [1.165, 1.54) is 0 Å². The quantitative estimate of drug-likeness (QED) is 0.317. The highest BCUT2D eigenvalue weighted by molar-refractivity contribution is 5.74. The van der Waals surface area contributed by atoms with E-state index in [-0.39, 0.29) is 13.2 Å². The number of primary amides is 1. The zero-order valence-corrected chi connectivity index (χ0v) is 7.99. The van der Waals surface area contributed by atoms with Crippen molar-refractivity contribution in [2.75, 3.05) is 33.8 Å². The van der Waals surface area contributed by atoms with Gasteiger partial charge in [-0.3, -0.25) is 9.63 Å². The Bertz CT molecular complexity index is 152. The summed E-state index contributed by atoms with van der Waals surface area (Å²) in [5.41, 5.74) is 7.26. The molecule has 0 radical (unpaired) electrons. The normalized spacial score (nSPS) is 13.2. The topological polar surface area (TPSA) is 87.8 Å². The maximum absolute atomic E-state index is 10.2. The molecule has 0 aromatic rings. The largest absolute Gasteiger partial charge is 0.390 e. The van der Waals surface area contributed by atoms with Gasteiger partial charge in [0.2, 0.25) is 5.91 Å². The molecule has 13 heavy (non-hydrogen) atoms. The van der Waals surface area contributed by atoms with Gasteiger partial charge in [-0.2, -0.15) is 5.48 Å². The lowest BCUT2D eigenvalue weighted by atomic mass is 10.3. The van der Waals surface area contributed by atoms with Crippen LogP contribution in [0.3, 0.4) is 0 Å². The Morgan fingerprint density at radius 3 is 2.77 bits per heavy atom. The molecule has 1 unspecified atom stereocenters. The number of aliphatic hydroxyl groups excluding tert-OH is 1. The molecule has 0 aliphatic carbocycles. The second-order valence-corrected chi connectivity index (χ2v) is 3.02. The summed E-state index contributed by atoms with van der Waals surface area (Å²) in [6, 6.07) is 0. The second-order valence-electron chi connectivity index (χ2n) is 3.02. The minimum absolute atomic E-state index is 0.186. The van der Waals surface area contributed by atoms with Crippen molar-refractivity contribution in [1.82, 2.24) is 10.4 Å². The van der Waals surface area contributed by atoms with Crippen LogP contribution in [0.2, 0.25) is 0 Å². The van der Waals surface area contributed by atoms with Crippen LogP contribution in [-0.4, -0.2) is 55.8 Å². The summed E-state index contributed by atoms with van der Waals surface area (Å²) in [5, 5.41) is 9.28. The number of hydrogen-bond acceptors (Lipinski definition) is 5. The number of hydroxylamine groups is 1.